The largest absolute Gasteiger partial charge is 0.355 e. The van der Waals surface area contributed by atoms with Crippen LogP contribution in [0.3, 0.4) is 0 Å². The molecule has 90 valence electrons. The highest BCUT2D eigenvalue weighted by Crippen LogP contribution is 2.34. The van der Waals surface area contributed by atoms with Crippen LogP contribution in [-0.4, -0.2) is 47.4 Å². The molecule has 3 fully saturated rings. The molecule has 0 radical (unpaired) electrons. The summed E-state index contributed by atoms with van der Waals surface area (Å²) in [5, 5.41) is 8.24. The third-order valence-electron chi connectivity index (χ3n) is 4.46. The van der Waals surface area contributed by atoms with Gasteiger partial charge in [0, 0.05) is 31.1 Å². The highest BCUT2D eigenvalue weighted by atomic mass is 15.3. The first-order valence-electron chi connectivity index (χ1n) is 6.85. The van der Waals surface area contributed by atoms with Crippen molar-refractivity contribution in [3.63, 3.8) is 0 Å². The summed E-state index contributed by atoms with van der Waals surface area (Å²) in [6.07, 6.45) is 6.64. The second-order valence-corrected chi connectivity index (χ2v) is 5.81. The molecule has 2 unspecified atom stereocenters. The van der Waals surface area contributed by atoms with Crippen LogP contribution in [0.25, 0.3) is 0 Å². The molecule has 0 aromatic carbocycles. The summed E-state index contributed by atoms with van der Waals surface area (Å²) < 4.78 is 0. The fourth-order valence-electron chi connectivity index (χ4n) is 3.28. The molecule has 16 heavy (non-hydrogen) atoms. The van der Waals surface area contributed by atoms with Crippen molar-refractivity contribution in [2.24, 2.45) is 5.92 Å². The Morgan fingerprint density at radius 3 is 2.69 bits per heavy atom. The molecular weight excluding hydrogens is 198 g/mol. The van der Waals surface area contributed by atoms with Crippen LogP contribution >= 0.6 is 0 Å². The molecular formula is C13H23N3. The summed E-state index contributed by atoms with van der Waals surface area (Å²) in [5.41, 5.74) is 0. The van der Waals surface area contributed by atoms with Crippen molar-refractivity contribution in [2.75, 3.05) is 19.6 Å². The smallest absolute Gasteiger partial charge is 0.0992 e. The van der Waals surface area contributed by atoms with Crippen molar-refractivity contribution < 1.29 is 0 Å². The van der Waals surface area contributed by atoms with Gasteiger partial charge in [0.1, 0.15) is 0 Å². The Balaban J connectivity index is 1.68. The molecule has 2 aliphatic heterocycles. The number of piperazine rings is 1. The highest BCUT2D eigenvalue weighted by Gasteiger charge is 2.38. The predicted octanol–water partition coefficient (Wildman–Crippen LogP) is 1.93. The first kappa shape index (κ1) is 10.6. The number of nitrogens with one attached hydrogen (secondary N) is 1. The third kappa shape index (κ3) is 1.86. The zero-order valence-electron chi connectivity index (χ0n) is 10.3. The molecule has 3 rings (SSSR count). The Morgan fingerprint density at radius 1 is 1.12 bits per heavy atom. The van der Waals surface area contributed by atoms with Gasteiger partial charge < -0.3 is 4.90 Å². The Kier molecular flexibility index (Phi) is 2.66. The molecule has 2 atom stereocenters. The van der Waals surface area contributed by atoms with E-state index >= 15 is 0 Å². The van der Waals surface area contributed by atoms with Crippen molar-refractivity contribution in [1.82, 2.24) is 9.80 Å². The minimum absolute atomic E-state index is 0.558. The molecule has 0 aromatic rings. The number of hydrogen-bond donors (Lipinski definition) is 1. The van der Waals surface area contributed by atoms with Crippen LogP contribution in [0.2, 0.25) is 0 Å². The van der Waals surface area contributed by atoms with Crippen LogP contribution < -0.4 is 0 Å². The van der Waals surface area contributed by atoms with Gasteiger partial charge in [-0.05, 0) is 39.2 Å². The fraction of sp³-hybridized carbons (Fsp3) is 0.923. The predicted molar refractivity (Wildman–Crippen MR) is 65.8 cm³/mol. The summed E-state index contributed by atoms with van der Waals surface area (Å²) in [7, 11) is 0. The first-order valence-corrected chi connectivity index (χ1v) is 6.85. The average Bonchev–Trinajstić information content (AvgIpc) is 3.11. The van der Waals surface area contributed by atoms with Crippen molar-refractivity contribution >= 4 is 5.84 Å². The lowest BCUT2D eigenvalue weighted by Crippen LogP contribution is -2.60. The molecule has 1 saturated carbocycles. The van der Waals surface area contributed by atoms with Gasteiger partial charge in [-0.1, -0.05) is 6.42 Å². The zero-order valence-corrected chi connectivity index (χ0v) is 10.3. The van der Waals surface area contributed by atoms with Crippen LogP contribution in [0.4, 0.5) is 0 Å². The van der Waals surface area contributed by atoms with E-state index in [0.717, 1.165) is 18.4 Å². The summed E-state index contributed by atoms with van der Waals surface area (Å²) in [6.45, 7) is 5.89. The summed E-state index contributed by atoms with van der Waals surface area (Å²) in [5.74, 6) is 1.55. The van der Waals surface area contributed by atoms with E-state index in [-0.39, 0.29) is 0 Å². The third-order valence-corrected chi connectivity index (χ3v) is 4.46. The molecule has 0 bridgehead atoms. The lowest BCUT2D eigenvalue weighted by Gasteiger charge is -2.48. The van der Waals surface area contributed by atoms with Gasteiger partial charge in [0.05, 0.1) is 5.84 Å². The average molecular weight is 221 g/mol. The Morgan fingerprint density at radius 2 is 1.94 bits per heavy atom. The van der Waals surface area contributed by atoms with Gasteiger partial charge in [0.15, 0.2) is 0 Å². The molecule has 2 saturated heterocycles. The molecule has 3 aliphatic rings. The molecule has 1 aliphatic carbocycles. The number of hydrogen-bond acceptors (Lipinski definition) is 2. The first-order chi connectivity index (χ1) is 7.75. The quantitative estimate of drug-likeness (QED) is 0.542. The Hall–Kier alpha value is -0.570. The maximum atomic E-state index is 8.24. The van der Waals surface area contributed by atoms with Crippen LogP contribution in [0.15, 0.2) is 0 Å². The van der Waals surface area contributed by atoms with Gasteiger partial charge in [0.25, 0.3) is 0 Å². The van der Waals surface area contributed by atoms with Gasteiger partial charge in [-0.2, -0.15) is 0 Å². The zero-order chi connectivity index (χ0) is 11.1. The number of piperidine rings is 1. The van der Waals surface area contributed by atoms with E-state index in [9.17, 15) is 0 Å². The molecule has 3 heteroatoms. The standard InChI is InChI=1S/C13H23N3/c1-10-8-15-7-3-2-4-12(15)9-16(10)13(14)11-5-6-11/h10-12,14H,2-9H2,1H3. The molecule has 0 spiro atoms. The maximum absolute atomic E-state index is 8.24. The molecule has 0 aromatic heterocycles. The maximum Gasteiger partial charge on any atom is 0.0992 e. The van der Waals surface area contributed by atoms with Gasteiger partial charge in [-0.3, -0.25) is 10.3 Å². The van der Waals surface area contributed by atoms with E-state index in [1.165, 1.54) is 45.2 Å². The van der Waals surface area contributed by atoms with E-state index in [4.69, 9.17) is 5.41 Å². The molecule has 3 nitrogen and oxygen atoms in total. The summed E-state index contributed by atoms with van der Waals surface area (Å²) >= 11 is 0. The van der Waals surface area contributed by atoms with E-state index in [1.807, 2.05) is 0 Å². The van der Waals surface area contributed by atoms with E-state index in [1.54, 1.807) is 0 Å². The summed E-state index contributed by atoms with van der Waals surface area (Å²) in [4.78, 5) is 5.05. The van der Waals surface area contributed by atoms with E-state index < -0.39 is 0 Å². The Bertz CT molecular complexity index is 285. The van der Waals surface area contributed by atoms with Crippen molar-refractivity contribution in [2.45, 2.75) is 51.1 Å². The summed E-state index contributed by atoms with van der Waals surface area (Å²) in [6, 6.07) is 1.30. The normalized spacial score (nSPS) is 35.9. The number of nitrogens with zero attached hydrogens (tertiary/aromatic N) is 2. The minimum atomic E-state index is 0.558. The van der Waals surface area contributed by atoms with Crippen LogP contribution in [-0.2, 0) is 0 Å². The number of amidine groups is 1. The molecule has 1 N–H and O–H groups in total. The van der Waals surface area contributed by atoms with Crippen molar-refractivity contribution in [3.05, 3.63) is 0 Å². The molecule has 0 amide bonds. The SMILES string of the molecule is CC1CN2CCCCC2CN1C(=N)C1CC1. The number of rotatable bonds is 1. The van der Waals surface area contributed by atoms with Crippen LogP contribution in [0.1, 0.15) is 39.0 Å². The topological polar surface area (TPSA) is 30.3 Å². The second-order valence-electron chi connectivity index (χ2n) is 5.81. The monoisotopic (exact) mass is 221 g/mol. The van der Waals surface area contributed by atoms with E-state index in [2.05, 4.69) is 16.7 Å². The van der Waals surface area contributed by atoms with E-state index in [0.29, 0.717) is 12.0 Å². The molecule has 2 heterocycles. The second kappa shape index (κ2) is 4.02. The minimum Gasteiger partial charge on any atom is -0.355 e. The lowest BCUT2D eigenvalue weighted by molar-refractivity contribution is 0.0486. The van der Waals surface area contributed by atoms with Crippen LogP contribution in [0, 0.1) is 11.3 Å². The van der Waals surface area contributed by atoms with Crippen LogP contribution in [0.5, 0.6) is 0 Å². The van der Waals surface area contributed by atoms with Crippen molar-refractivity contribution in [1.29, 1.82) is 5.41 Å². The van der Waals surface area contributed by atoms with Gasteiger partial charge in [-0.25, -0.2) is 0 Å². The Labute approximate surface area is 98.3 Å². The van der Waals surface area contributed by atoms with Gasteiger partial charge in [0.2, 0.25) is 0 Å². The van der Waals surface area contributed by atoms with Gasteiger partial charge >= 0.3 is 0 Å². The lowest BCUT2D eigenvalue weighted by atomic mass is 9.97. The van der Waals surface area contributed by atoms with Gasteiger partial charge in [-0.15, -0.1) is 0 Å². The number of fused-ring (bicyclic) bond motifs is 1. The fourth-order valence-corrected chi connectivity index (χ4v) is 3.28. The highest BCUT2D eigenvalue weighted by molar-refractivity contribution is 5.84. The van der Waals surface area contributed by atoms with Crippen molar-refractivity contribution in [3.8, 4) is 0 Å².